The minimum Gasteiger partial charge on any atom is -0.550 e. The van der Waals surface area contributed by atoms with Gasteiger partial charge in [0.15, 0.2) is 0 Å². The van der Waals surface area contributed by atoms with E-state index >= 15 is 0 Å². The van der Waals surface area contributed by atoms with Crippen molar-refractivity contribution in [3.8, 4) is 0 Å². The van der Waals surface area contributed by atoms with Crippen LogP contribution in [0.2, 0.25) is 0 Å². The number of allylic oxidation sites excluding steroid dienone is 2. The maximum absolute atomic E-state index is 14.4. The first-order valence-electron chi connectivity index (χ1n) is 15.7. The number of aliphatic carboxylic acids is 1. The molecule has 3 N–H and O–H groups in total. The minimum absolute atomic E-state index is 0. The van der Waals surface area contributed by atoms with Crippen LogP contribution >= 0.6 is 0 Å². The number of hydrogen-bond acceptors (Lipinski definition) is 7. The van der Waals surface area contributed by atoms with E-state index in [1.54, 1.807) is 19.2 Å². The van der Waals surface area contributed by atoms with Gasteiger partial charge in [-0.05, 0) is 87.1 Å². The van der Waals surface area contributed by atoms with E-state index in [1.165, 1.54) is 0 Å². The van der Waals surface area contributed by atoms with E-state index in [4.69, 9.17) is 10.7 Å². The molecule has 2 amide bonds. The Morgan fingerprint density at radius 3 is 2.28 bits per heavy atom. The van der Waals surface area contributed by atoms with Crippen LogP contribution in [0, 0.1) is 11.3 Å². The Morgan fingerprint density at radius 1 is 1.11 bits per heavy atom. The molecule has 1 aliphatic carbocycles. The average molecular weight is 636 g/mol. The minimum atomic E-state index is -1.22. The van der Waals surface area contributed by atoms with Gasteiger partial charge in [0.2, 0.25) is 0 Å². The monoisotopic (exact) mass is 635 g/mol. The number of nitrogens with zero attached hydrogens (tertiary/aromatic N) is 3. The van der Waals surface area contributed by atoms with Crippen LogP contribution in [0.25, 0.3) is 5.57 Å². The van der Waals surface area contributed by atoms with E-state index in [9.17, 15) is 19.5 Å². The summed E-state index contributed by atoms with van der Waals surface area (Å²) in [7, 11) is 1.74. The van der Waals surface area contributed by atoms with Gasteiger partial charge in [-0.2, -0.15) is 0 Å². The number of nitrogens with two attached hydrogens (primary N) is 1. The number of nitrogens with one attached hydrogen (secondary N) is 1. The van der Waals surface area contributed by atoms with E-state index < -0.39 is 11.6 Å². The summed E-state index contributed by atoms with van der Waals surface area (Å²) in [6.45, 7) is 12.6. The Bertz CT molecular complexity index is 1540. The molecule has 1 saturated carbocycles. The van der Waals surface area contributed by atoms with Crippen LogP contribution in [-0.2, 0) is 9.59 Å². The molecule has 0 bridgehead atoms. The third kappa shape index (κ3) is 7.99. The Hall–Kier alpha value is -3.27. The van der Waals surface area contributed by atoms with E-state index in [0.717, 1.165) is 53.7 Å². The third-order valence-corrected chi connectivity index (χ3v) is 9.37. The number of amides is 2. The summed E-state index contributed by atoms with van der Waals surface area (Å²) in [5, 5.41) is 13.3. The van der Waals surface area contributed by atoms with Crippen molar-refractivity contribution in [1.82, 2.24) is 10.2 Å². The predicted molar refractivity (Wildman–Crippen MR) is 177 cm³/mol. The van der Waals surface area contributed by atoms with Gasteiger partial charge in [0.1, 0.15) is 11.4 Å². The van der Waals surface area contributed by atoms with Crippen molar-refractivity contribution in [2.45, 2.75) is 85.4 Å². The summed E-state index contributed by atoms with van der Waals surface area (Å²) in [6.07, 6.45) is 3.21. The van der Waals surface area contributed by atoms with Crippen molar-refractivity contribution in [3.05, 3.63) is 76.5 Å². The Labute approximate surface area is 295 Å². The molecule has 46 heavy (non-hydrogen) atoms. The van der Waals surface area contributed by atoms with Gasteiger partial charge >= 0.3 is 29.6 Å². The van der Waals surface area contributed by atoms with Crippen molar-refractivity contribution in [3.63, 3.8) is 0 Å². The van der Waals surface area contributed by atoms with E-state index in [1.807, 2.05) is 62.1 Å². The Kier molecular flexibility index (Phi) is 12.2. The molecule has 10 heteroatoms. The van der Waals surface area contributed by atoms with Gasteiger partial charge in [-0.3, -0.25) is 19.6 Å². The van der Waals surface area contributed by atoms with Crippen LogP contribution in [0.3, 0.4) is 0 Å². The molecule has 1 fully saturated rings. The van der Waals surface area contributed by atoms with Crippen molar-refractivity contribution in [1.29, 1.82) is 0 Å². The summed E-state index contributed by atoms with van der Waals surface area (Å²) in [5.74, 6) is -1.16. The molecular weight excluding hydrogens is 589 g/mol. The van der Waals surface area contributed by atoms with Crippen LogP contribution in [-0.4, -0.2) is 53.4 Å². The molecule has 9 nitrogen and oxygen atoms in total. The van der Waals surface area contributed by atoms with Crippen LogP contribution in [0.15, 0.2) is 64.2 Å². The summed E-state index contributed by atoms with van der Waals surface area (Å²) in [6, 6.07) is 14.6. The fourth-order valence-corrected chi connectivity index (χ4v) is 6.73. The molecule has 0 unspecified atom stereocenters. The molecule has 2 aliphatic rings. The van der Waals surface area contributed by atoms with Crippen molar-refractivity contribution in [2.75, 3.05) is 13.6 Å². The predicted octanol–water partition coefficient (Wildman–Crippen LogP) is 1.67. The number of carboxylic acid groups (broad SMARTS) is 1. The van der Waals surface area contributed by atoms with Gasteiger partial charge in [-0.15, -0.1) is 0 Å². The number of carbonyl (C=O) groups excluding carboxylic acids is 3. The van der Waals surface area contributed by atoms with E-state index in [-0.39, 0.29) is 65.8 Å². The number of rotatable bonds is 9. The Balaban J connectivity index is 0.00000576. The quantitative estimate of drug-likeness (QED) is 0.319. The van der Waals surface area contributed by atoms with Crippen LogP contribution < -0.4 is 45.7 Å². The normalized spacial score (nSPS) is 21.3. The van der Waals surface area contributed by atoms with Crippen molar-refractivity contribution in [2.24, 2.45) is 27.1 Å². The molecule has 0 aromatic heterocycles. The zero-order valence-electron chi connectivity index (χ0n) is 28.6. The first-order chi connectivity index (χ1) is 21.2. The second-order valence-electron chi connectivity index (χ2n) is 13.4. The maximum Gasteiger partial charge on any atom is 1.00 e. The Morgan fingerprint density at radius 2 is 1.74 bits per heavy atom. The first kappa shape index (κ1) is 37.2. The largest absolute Gasteiger partial charge is 1.00 e. The summed E-state index contributed by atoms with van der Waals surface area (Å²) in [4.78, 5) is 49.2. The molecule has 2 aromatic carbocycles. The number of carbonyl (C=O) groups is 3. The van der Waals surface area contributed by atoms with Gasteiger partial charge in [-0.25, -0.2) is 0 Å². The first-order valence-corrected chi connectivity index (χ1v) is 15.7. The van der Waals surface area contributed by atoms with Crippen LogP contribution in [0.1, 0.15) is 107 Å². The number of hydrogen-bond donors (Lipinski definition) is 2. The van der Waals surface area contributed by atoms with E-state index in [2.05, 4.69) is 31.1 Å². The molecule has 0 saturated heterocycles. The topological polar surface area (TPSA) is 140 Å². The maximum atomic E-state index is 14.4. The molecule has 1 atom stereocenters. The second kappa shape index (κ2) is 15.1. The van der Waals surface area contributed by atoms with Gasteiger partial charge < -0.3 is 25.9 Å². The molecule has 2 aromatic rings. The fourth-order valence-electron chi connectivity index (χ4n) is 6.73. The average Bonchev–Trinajstić information content (AvgIpc) is 3.27. The summed E-state index contributed by atoms with van der Waals surface area (Å²) >= 11 is 0. The smallest absolute Gasteiger partial charge is 0.550 e. The molecule has 1 heterocycles. The van der Waals surface area contributed by atoms with Crippen molar-refractivity contribution >= 4 is 34.8 Å². The molecule has 240 valence electrons. The number of benzene rings is 2. The standard InChI is InChI=1S/C36H47N5O4.Na/c1-22(37)31(23(2)38-7)27-9-8-10-28(21-27)32-34(45)41(36(40-32)18-15-29(16-19-36)35(4,5)6)24(3)25-11-13-26(14-12-25)33(44)39-20-17-30(42)43;/h8-14,21,24,29H,15-20,37H2,1-7H3,(H,39,44)(H,42,43);/q;+1/p-1/b31-22+,38-23?;/t24-,29?,36?;/m1./s1. The second-order valence-corrected chi connectivity index (χ2v) is 13.4. The molecule has 4 rings (SSSR count). The molecule has 1 aliphatic heterocycles. The summed E-state index contributed by atoms with van der Waals surface area (Å²) < 4.78 is 0. The summed E-state index contributed by atoms with van der Waals surface area (Å²) in [5.41, 5.74) is 11.5. The van der Waals surface area contributed by atoms with E-state index in [0.29, 0.717) is 22.9 Å². The van der Waals surface area contributed by atoms with Crippen LogP contribution in [0.4, 0.5) is 0 Å². The fraction of sp³-hybridized carbons (Fsp3) is 0.472. The number of aliphatic imine (C=N–C) groups is 2. The zero-order chi connectivity index (χ0) is 33.1. The van der Waals surface area contributed by atoms with Gasteiger partial charge in [0.05, 0.1) is 6.04 Å². The zero-order valence-corrected chi connectivity index (χ0v) is 30.6. The van der Waals surface area contributed by atoms with Crippen LogP contribution in [0.5, 0.6) is 0 Å². The third-order valence-electron chi connectivity index (χ3n) is 9.37. The van der Waals surface area contributed by atoms with Gasteiger partial charge in [-0.1, -0.05) is 51.1 Å². The SMILES string of the molecule is CN=C(C)/C(=C(/C)N)c1cccc(C2=NC3(CCC(C(C)(C)C)CC3)N([C@H](C)c3ccc(C(=O)NCCC(=O)[O-])cc3)C2=O)c1.[Na+]. The molecular formula is C36H46N5NaO4. The number of carboxylic acids is 1. The molecule has 0 radical (unpaired) electrons. The molecule has 1 spiro atoms. The van der Waals surface area contributed by atoms with Gasteiger partial charge in [0, 0.05) is 54.1 Å². The van der Waals surface area contributed by atoms with Gasteiger partial charge in [0.25, 0.3) is 11.8 Å². The van der Waals surface area contributed by atoms with Crippen molar-refractivity contribution < 1.29 is 49.0 Å².